The third-order valence-electron chi connectivity index (χ3n) is 1.90. The maximum absolute atomic E-state index is 11.6. The molecule has 17 heavy (non-hydrogen) atoms. The number of aliphatic imine (C=N–C) groups is 1. The van der Waals surface area contributed by atoms with Crippen LogP contribution in [0.2, 0.25) is 0 Å². The third kappa shape index (κ3) is 3.44. The van der Waals surface area contributed by atoms with Crippen molar-refractivity contribution in [1.29, 1.82) is 0 Å². The van der Waals surface area contributed by atoms with Gasteiger partial charge in [0.05, 0.1) is 38.0 Å². The van der Waals surface area contributed by atoms with Gasteiger partial charge in [-0.2, -0.15) is 0 Å². The van der Waals surface area contributed by atoms with Crippen molar-refractivity contribution in [3.05, 3.63) is 17.8 Å². The van der Waals surface area contributed by atoms with Crippen LogP contribution < -0.4 is 4.74 Å². The summed E-state index contributed by atoms with van der Waals surface area (Å²) in [5.74, 6) is -0.134. The van der Waals surface area contributed by atoms with E-state index in [1.54, 1.807) is 11.2 Å². The second-order valence-corrected chi connectivity index (χ2v) is 3.44. The summed E-state index contributed by atoms with van der Waals surface area (Å²) in [6.07, 6.45) is 3.04. The third-order valence-corrected chi connectivity index (χ3v) is 1.90. The number of esters is 1. The molecule has 0 aliphatic carbocycles. The van der Waals surface area contributed by atoms with Crippen LogP contribution in [0.15, 0.2) is 17.3 Å². The lowest BCUT2D eigenvalue weighted by molar-refractivity contribution is 0.0601. The summed E-state index contributed by atoms with van der Waals surface area (Å²) in [4.78, 5) is 21.4. The highest BCUT2D eigenvalue weighted by Crippen LogP contribution is 2.22. The Morgan fingerprint density at radius 2 is 2.18 bits per heavy atom. The number of ether oxygens (including phenoxy) is 2. The van der Waals surface area contributed by atoms with Crippen molar-refractivity contribution < 1.29 is 14.3 Å². The van der Waals surface area contributed by atoms with Crippen LogP contribution in [-0.2, 0) is 4.74 Å². The smallest absolute Gasteiger partial charge is 0.340 e. The van der Waals surface area contributed by atoms with E-state index in [-0.39, 0.29) is 0 Å². The first kappa shape index (κ1) is 13.0. The normalized spacial score (nSPS) is 10.4. The minimum atomic E-state index is -0.475. The van der Waals surface area contributed by atoms with Crippen LogP contribution >= 0.6 is 0 Å². The monoisotopic (exact) mass is 237 g/mol. The molecule has 6 nitrogen and oxygen atoms in total. The van der Waals surface area contributed by atoms with E-state index in [1.165, 1.54) is 26.5 Å². The van der Waals surface area contributed by atoms with Crippen LogP contribution in [0.25, 0.3) is 0 Å². The number of pyridine rings is 1. The second-order valence-electron chi connectivity index (χ2n) is 3.44. The van der Waals surface area contributed by atoms with Crippen molar-refractivity contribution in [1.82, 2.24) is 9.88 Å². The van der Waals surface area contributed by atoms with Crippen LogP contribution in [0.4, 0.5) is 5.69 Å². The fourth-order valence-corrected chi connectivity index (χ4v) is 1.09. The fraction of sp³-hybridized carbons (Fsp3) is 0.364. The minimum Gasteiger partial charge on any atom is -0.481 e. The molecule has 0 N–H and O–H groups in total. The molecule has 1 aromatic heterocycles. The Labute approximate surface area is 99.9 Å². The number of nitrogens with zero attached hydrogens (tertiary/aromatic N) is 3. The number of carbonyl (C=O) groups excluding carboxylic acids is 1. The van der Waals surface area contributed by atoms with Gasteiger partial charge in [-0.05, 0) is 0 Å². The molecule has 0 bridgehead atoms. The summed E-state index contributed by atoms with van der Waals surface area (Å²) in [6.45, 7) is 0. The molecule has 0 atom stereocenters. The Kier molecular flexibility index (Phi) is 4.45. The van der Waals surface area contributed by atoms with E-state index >= 15 is 0 Å². The van der Waals surface area contributed by atoms with Crippen molar-refractivity contribution in [3.63, 3.8) is 0 Å². The highest BCUT2D eigenvalue weighted by Gasteiger charge is 2.13. The van der Waals surface area contributed by atoms with Crippen LogP contribution in [0.1, 0.15) is 10.4 Å². The number of hydrogen-bond donors (Lipinski definition) is 0. The lowest BCUT2D eigenvalue weighted by Crippen LogP contribution is -2.08. The zero-order chi connectivity index (χ0) is 12.8. The fourth-order valence-electron chi connectivity index (χ4n) is 1.09. The molecule has 92 valence electrons. The van der Waals surface area contributed by atoms with Gasteiger partial charge >= 0.3 is 5.97 Å². The summed E-state index contributed by atoms with van der Waals surface area (Å²) in [7, 11) is 6.46. The molecule has 0 amide bonds. The average molecular weight is 237 g/mol. The molecular weight excluding hydrogens is 222 g/mol. The van der Waals surface area contributed by atoms with Gasteiger partial charge in [-0.1, -0.05) is 0 Å². The van der Waals surface area contributed by atoms with Crippen LogP contribution in [0.3, 0.4) is 0 Å². The van der Waals surface area contributed by atoms with Gasteiger partial charge in [0.1, 0.15) is 0 Å². The number of rotatable bonds is 4. The van der Waals surface area contributed by atoms with E-state index < -0.39 is 5.97 Å². The number of methoxy groups -OCH3 is 2. The van der Waals surface area contributed by atoms with Crippen LogP contribution in [-0.4, -0.2) is 50.5 Å². The highest BCUT2D eigenvalue weighted by atomic mass is 16.5. The van der Waals surface area contributed by atoms with E-state index in [1.807, 2.05) is 14.1 Å². The molecule has 0 radical (unpaired) electrons. The molecule has 0 aromatic carbocycles. The van der Waals surface area contributed by atoms with E-state index in [9.17, 15) is 4.79 Å². The van der Waals surface area contributed by atoms with Gasteiger partial charge in [-0.3, -0.25) is 0 Å². The first-order valence-corrected chi connectivity index (χ1v) is 4.91. The maximum atomic E-state index is 11.6. The first-order chi connectivity index (χ1) is 8.08. The Hall–Kier alpha value is -2.11. The van der Waals surface area contributed by atoms with Crippen LogP contribution in [0.5, 0.6) is 5.88 Å². The van der Waals surface area contributed by atoms with Gasteiger partial charge in [0.2, 0.25) is 5.88 Å². The Balaban J connectivity index is 3.15. The van der Waals surface area contributed by atoms with Crippen molar-refractivity contribution in [2.24, 2.45) is 4.99 Å². The molecule has 0 spiro atoms. The molecule has 1 heterocycles. The quantitative estimate of drug-likeness (QED) is 0.445. The Morgan fingerprint density at radius 1 is 1.47 bits per heavy atom. The largest absolute Gasteiger partial charge is 0.481 e. The molecule has 6 heteroatoms. The maximum Gasteiger partial charge on any atom is 0.340 e. The summed E-state index contributed by atoms with van der Waals surface area (Å²) < 4.78 is 9.62. The molecule has 1 rings (SSSR count). The zero-order valence-electron chi connectivity index (χ0n) is 10.3. The number of hydrogen-bond acceptors (Lipinski definition) is 5. The van der Waals surface area contributed by atoms with E-state index in [2.05, 4.69) is 14.7 Å². The van der Waals surface area contributed by atoms with Gasteiger partial charge in [-0.25, -0.2) is 14.8 Å². The Bertz CT molecular complexity index is 430. The number of aromatic nitrogens is 1. The van der Waals surface area contributed by atoms with E-state index in [0.717, 1.165) is 0 Å². The highest BCUT2D eigenvalue weighted by molar-refractivity contribution is 5.95. The van der Waals surface area contributed by atoms with E-state index in [0.29, 0.717) is 17.1 Å². The Morgan fingerprint density at radius 3 is 2.71 bits per heavy atom. The molecule has 0 saturated carbocycles. The molecular formula is C11H15N3O3. The summed E-state index contributed by atoms with van der Waals surface area (Å²) in [5, 5.41) is 0. The minimum absolute atomic E-state index is 0.317. The summed E-state index contributed by atoms with van der Waals surface area (Å²) >= 11 is 0. The van der Waals surface area contributed by atoms with Crippen molar-refractivity contribution in [2.45, 2.75) is 0 Å². The summed E-state index contributed by atoms with van der Waals surface area (Å²) in [6, 6.07) is 1.49. The first-order valence-electron chi connectivity index (χ1n) is 4.91. The van der Waals surface area contributed by atoms with E-state index in [4.69, 9.17) is 4.74 Å². The molecule has 0 saturated heterocycles. The van der Waals surface area contributed by atoms with Crippen molar-refractivity contribution >= 4 is 18.0 Å². The second kappa shape index (κ2) is 5.83. The van der Waals surface area contributed by atoms with Gasteiger partial charge in [0.25, 0.3) is 0 Å². The standard InChI is InChI=1S/C11H15N3O3/c1-14(2)7-13-9-6-12-10(16-3)5-8(9)11(15)17-4/h5-7H,1-4H3. The molecule has 0 aliphatic rings. The number of carbonyl (C=O) groups is 1. The molecule has 0 aliphatic heterocycles. The van der Waals surface area contributed by atoms with Crippen LogP contribution in [0, 0.1) is 0 Å². The SMILES string of the molecule is COC(=O)c1cc(OC)ncc1N=CN(C)C. The van der Waals surface area contributed by atoms with Gasteiger partial charge in [0, 0.05) is 20.2 Å². The average Bonchev–Trinajstić information content (AvgIpc) is 2.35. The lowest BCUT2D eigenvalue weighted by atomic mass is 10.2. The topological polar surface area (TPSA) is 64.0 Å². The lowest BCUT2D eigenvalue weighted by Gasteiger charge is -2.07. The van der Waals surface area contributed by atoms with Crippen molar-refractivity contribution in [2.75, 3.05) is 28.3 Å². The zero-order valence-corrected chi connectivity index (χ0v) is 10.3. The van der Waals surface area contributed by atoms with Crippen molar-refractivity contribution in [3.8, 4) is 5.88 Å². The molecule has 1 aromatic rings. The molecule has 0 fully saturated rings. The van der Waals surface area contributed by atoms with Gasteiger partial charge < -0.3 is 14.4 Å². The van der Waals surface area contributed by atoms with Gasteiger partial charge in [0.15, 0.2) is 0 Å². The summed E-state index contributed by atoms with van der Waals surface area (Å²) in [5.41, 5.74) is 0.754. The van der Waals surface area contributed by atoms with Gasteiger partial charge in [-0.15, -0.1) is 0 Å². The predicted octanol–water partition coefficient (Wildman–Crippen LogP) is 1.10. The predicted molar refractivity (Wildman–Crippen MR) is 64.0 cm³/mol. The molecule has 0 unspecified atom stereocenters.